The van der Waals surface area contributed by atoms with Gasteiger partial charge >= 0.3 is 0 Å². The number of para-hydroxylation sites is 1. The predicted octanol–water partition coefficient (Wildman–Crippen LogP) is 4.68. The molecule has 2 aromatic carbocycles. The molecule has 0 atom stereocenters. The number of hydrogen-bond acceptors (Lipinski definition) is 3. The Kier molecular flexibility index (Phi) is 3.79. The van der Waals surface area contributed by atoms with Crippen molar-refractivity contribution in [1.29, 1.82) is 0 Å². The van der Waals surface area contributed by atoms with E-state index in [2.05, 4.69) is 15.3 Å². The van der Waals surface area contributed by atoms with Gasteiger partial charge in [0.2, 0.25) is 0 Å². The average Bonchev–Trinajstić information content (AvgIpc) is 2.48. The number of halogens is 2. The van der Waals surface area contributed by atoms with Gasteiger partial charge in [-0.05, 0) is 36.4 Å². The molecular formula is C16H11ClFN3. The Morgan fingerprint density at radius 2 is 1.62 bits per heavy atom. The molecule has 0 aliphatic carbocycles. The van der Waals surface area contributed by atoms with Crippen LogP contribution in [0.4, 0.5) is 15.9 Å². The van der Waals surface area contributed by atoms with Crippen LogP contribution in [0.15, 0.2) is 60.7 Å². The molecular weight excluding hydrogens is 289 g/mol. The summed E-state index contributed by atoms with van der Waals surface area (Å²) < 4.78 is 13.0. The second kappa shape index (κ2) is 5.89. The minimum atomic E-state index is -0.302. The van der Waals surface area contributed by atoms with E-state index in [1.165, 1.54) is 12.1 Å². The highest BCUT2D eigenvalue weighted by Gasteiger charge is 2.06. The zero-order valence-corrected chi connectivity index (χ0v) is 11.7. The third-order valence-corrected chi connectivity index (χ3v) is 3.04. The number of anilines is 2. The van der Waals surface area contributed by atoms with Crippen LogP contribution in [0, 0.1) is 5.82 Å². The minimum absolute atomic E-state index is 0.302. The highest BCUT2D eigenvalue weighted by Crippen LogP contribution is 2.22. The molecule has 104 valence electrons. The van der Waals surface area contributed by atoms with Crippen molar-refractivity contribution < 1.29 is 4.39 Å². The summed E-state index contributed by atoms with van der Waals surface area (Å²) in [6, 6.07) is 17.2. The quantitative estimate of drug-likeness (QED) is 0.714. The molecule has 5 heteroatoms. The van der Waals surface area contributed by atoms with Crippen LogP contribution in [-0.2, 0) is 0 Å². The summed E-state index contributed by atoms with van der Waals surface area (Å²) in [5, 5.41) is 3.48. The Labute approximate surface area is 126 Å². The molecule has 0 aliphatic heterocycles. The van der Waals surface area contributed by atoms with Gasteiger partial charge in [-0.2, -0.15) is 0 Å². The zero-order chi connectivity index (χ0) is 14.7. The first-order chi connectivity index (χ1) is 10.2. The van der Waals surface area contributed by atoms with Crippen LogP contribution >= 0.6 is 11.6 Å². The fraction of sp³-hybridized carbons (Fsp3) is 0. The van der Waals surface area contributed by atoms with Crippen LogP contribution in [0.1, 0.15) is 0 Å². The highest BCUT2D eigenvalue weighted by molar-refractivity contribution is 6.29. The van der Waals surface area contributed by atoms with Gasteiger partial charge in [-0.1, -0.05) is 29.8 Å². The molecule has 3 aromatic rings. The monoisotopic (exact) mass is 299 g/mol. The largest absolute Gasteiger partial charge is 0.340 e. The van der Waals surface area contributed by atoms with E-state index in [1.807, 2.05) is 30.3 Å². The van der Waals surface area contributed by atoms with Gasteiger partial charge in [-0.15, -0.1) is 0 Å². The van der Waals surface area contributed by atoms with E-state index in [0.717, 1.165) is 5.69 Å². The Hall–Kier alpha value is -2.46. The second-order valence-corrected chi connectivity index (χ2v) is 4.78. The molecule has 3 nitrogen and oxygen atoms in total. The molecule has 1 aromatic heterocycles. The van der Waals surface area contributed by atoms with Crippen LogP contribution < -0.4 is 5.32 Å². The third kappa shape index (κ3) is 3.35. The number of nitrogens with one attached hydrogen (secondary N) is 1. The normalized spacial score (nSPS) is 10.4. The van der Waals surface area contributed by atoms with Crippen LogP contribution in [-0.4, -0.2) is 9.97 Å². The summed E-state index contributed by atoms with van der Waals surface area (Å²) in [5.74, 6) is 0.727. The number of benzene rings is 2. The van der Waals surface area contributed by atoms with Crippen molar-refractivity contribution in [2.75, 3.05) is 5.32 Å². The van der Waals surface area contributed by atoms with Gasteiger partial charge < -0.3 is 5.32 Å². The highest BCUT2D eigenvalue weighted by atomic mass is 35.5. The molecule has 0 fully saturated rings. The molecule has 0 saturated heterocycles. The number of rotatable bonds is 3. The van der Waals surface area contributed by atoms with Gasteiger partial charge in [0.1, 0.15) is 16.8 Å². The fourth-order valence-electron chi connectivity index (χ4n) is 1.88. The van der Waals surface area contributed by atoms with Gasteiger partial charge in [0.15, 0.2) is 5.82 Å². The Morgan fingerprint density at radius 1 is 0.905 bits per heavy atom. The molecule has 0 saturated carbocycles. The lowest BCUT2D eigenvalue weighted by Crippen LogP contribution is -1.97. The molecule has 0 spiro atoms. The molecule has 0 radical (unpaired) electrons. The van der Waals surface area contributed by atoms with Crippen LogP contribution in [0.25, 0.3) is 11.4 Å². The summed E-state index contributed by atoms with van der Waals surface area (Å²) >= 11 is 6.03. The Morgan fingerprint density at radius 3 is 2.33 bits per heavy atom. The van der Waals surface area contributed by atoms with Crippen molar-refractivity contribution in [3.63, 3.8) is 0 Å². The first-order valence-corrected chi connectivity index (χ1v) is 6.71. The summed E-state index contributed by atoms with van der Waals surface area (Å²) in [7, 11) is 0. The first-order valence-electron chi connectivity index (χ1n) is 6.33. The van der Waals surface area contributed by atoms with Crippen LogP contribution in [0.2, 0.25) is 5.15 Å². The SMILES string of the molecule is Fc1ccc(-c2nc(Cl)cc(Nc3ccccc3)n2)cc1. The molecule has 0 amide bonds. The van der Waals surface area contributed by atoms with Crippen LogP contribution in [0.5, 0.6) is 0 Å². The van der Waals surface area contributed by atoms with Gasteiger partial charge in [-0.25, -0.2) is 14.4 Å². The summed E-state index contributed by atoms with van der Waals surface area (Å²) in [6.45, 7) is 0. The summed E-state index contributed by atoms with van der Waals surface area (Å²) in [5.41, 5.74) is 1.60. The van der Waals surface area contributed by atoms with E-state index in [9.17, 15) is 4.39 Å². The molecule has 1 heterocycles. The maximum absolute atomic E-state index is 13.0. The average molecular weight is 300 g/mol. The Bertz CT molecular complexity index is 745. The van der Waals surface area contributed by atoms with Gasteiger partial charge in [-0.3, -0.25) is 0 Å². The van der Waals surface area contributed by atoms with Gasteiger partial charge in [0, 0.05) is 17.3 Å². The molecule has 21 heavy (non-hydrogen) atoms. The Balaban J connectivity index is 1.94. The van der Waals surface area contributed by atoms with Crippen molar-refractivity contribution >= 4 is 23.1 Å². The lowest BCUT2D eigenvalue weighted by molar-refractivity contribution is 0.628. The van der Waals surface area contributed by atoms with Crippen molar-refractivity contribution in [3.05, 3.63) is 71.6 Å². The lowest BCUT2D eigenvalue weighted by atomic mass is 10.2. The smallest absolute Gasteiger partial charge is 0.163 e. The molecule has 3 rings (SSSR count). The zero-order valence-electron chi connectivity index (χ0n) is 10.9. The first kappa shape index (κ1) is 13.5. The summed E-state index contributed by atoms with van der Waals surface area (Å²) in [4.78, 5) is 8.57. The van der Waals surface area contributed by atoms with E-state index >= 15 is 0 Å². The number of nitrogens with zero attached hydrogens (tertiary/aromatic N) is 2. The molecule has 0 unspecified atom stereocenters. The maximum atomic E-state index is 13.0. The third-order valence-electron chi connectivity index (χ3n) is 2.84. The van der Waals surface area contributed by atoms with Crippen molar-refractivity contribution in [2.45, 2.75) is 0 Å². The molecule has 0 aliphatic rings. The molecule has 0 bridgehead atoms. The van der Waals surface area contributed by atoms with Gasteiger partial charge in [0.25, 0.3) is 0 Å². The van der Waals surface area contributed by atoms with E-state index in [0.29, 0.717) is 22.4 Å². The second-order valence-electron chi connectivity index (χ2n) is 4.40. The molecule has 1 N–H and O–H groups in total. The number of hydrogen-bond donors (Lipinski definition) is 1. The van der Waals surface area contributed by atoms with E-state index < -0.39 is 0 Å². The fourth-order valence-corrected chi connectivity index (χ4v) is 2.06. The maximum Gasteiger partial charge on any atom is 0.163 e. The predicted molar refractivity (Wildman–Crippen MR) is 82.2 cm³/mol. The van der Waals surface area contributed by atoms with E-state index in [1.54, 1.807) is 18.2 Å². The van der Waals surface area contributed by atoms with Crippen molar-refractivity contribution in [2.24, 2.45) is 0 Å². The van der Waals surface area contributed by atoms with E-state index in [-0.39, 0.29) is 5.82 Å². The summed E-state index contributed by atoms with van der Waals surface area (Å²) in [6.07, 6.45) is 0. The lowest BCUT2D eigenvalue weighted by Gasteiger charge is -2.08. The van der Waals surface area contributed by atoms with Gasteiger partial charge in [0.05, 0.1) is 0 Å². The number of aromatic nitrogens is 2. The van der Waals surface area contributed by atoms with Crippen molar-refractivity contribution in [1.82, 2.24) is 9.97 Å². The van der Waals surface area contributed by atoms with Crippen molar-refractivity contribution in [3.8, 4) is 11.4 Å². The minimum Gasteiger partial charge on any atom is -0.340 e. The standard InChI is InChI=1S/C16H11ClFN3/c17-14-10-15(19-13-4-2-1-3-5-13)21-16(20-14)11-6-8-12(18)9-7-11/h1-10H,(H,19,20,21). The topological polar surface area (TPSA) is 37.8 Å². The van der Waals surface area contributed by atoms with E-state index in [4.69, 9.17) is 11.6 Å². The van der Waals surface area contributed by atoms with Crippen LogP contribution in [0.3, 0.4) is 0 Å².